The lowest BCUT2D eigenvalue weighted by Gasteiger charge is -2.35. The highest BCUT2D eigenvalue weighted by Gasteiger charge is 2.24. The third kappa shape index (κ3) is 6.27. The first-order valence-electron chi connectivity index (χ1n) is 13.0. The van der Waals surface area contributed by atoms with E-state index in [0.29, 0.717) is 17.8 Å². The first-order chi connectivity index (χ1) is 18.0. The van der Waals surface area contributed by atoms with Gasteiger partial charge in [0.1, 0.15) is 0 Å². The summed E-state index contributed by atoms with van der Waals surface area (Å²) in [5.41, 5.74) is 5.90. The van der Waals surface area contributed by atoms with Gasteiger partial charge < -0.3 is 15.5 Å². The number of carbonyl (C=O) groups is 2. The second-order valence-corrected chi connectivity index (χ2v) is 11.0. The van der Waals surface area contributed by atoms with Gasteiger partial charge in [-0.25, -0.2) is 4.68 Å². The summed E-state index contributed by atoms with van der Waals surface area (Å²) in [6.07, 6.45) is 7.29. The van der Waals surface area contributed by atoms with Crippen molar-refractivity contribution in [1.29, 1.82) is 0 Å². The summed E-state index contributed by atoms with van der Waals surface area (Å²) in [6, 6.07) is 8.36. The van der Waals surface area contributed by atoms with E-state index >= 15 is 0 Å². The predicted octanol–water partition coefficient (Wildman–Crippen LogP) is 3.99. The summed E-state index contributed by atoms with van der Waals surface area (Å²) in [5.74, 6) is -0.348. The van der Waals surface area contributed by atoms with Crippen LogP contribution in [0.4, 0.5) is 5.69 Å². The molecule has 38 heavy (non-hydrogen) atoms. The molecule has 0 bridgehead atoms. The molecule has 9 nitrogen and oxygen atoms in total. The Kier molecular flexibility index (Phi) is 7.94. The molecule has 1 atom stereocenters. The molecule has 3 heterocycles. The zero-order valence-corrected chi connectivity index (χ0v) is 22.9. The van der Waals surface area contributed by atoms with Crippen LogP contribution in [-0.2, 0) is 16.9 Å². The molecule has 2 amide bonds. The Balaban J connectivity index is 1.46. The van der Waals surface area contributed by atoms with Crippen molar-refractivity contribution in [3.8, 4) is 11.1 Å². The largest absolute Gasteiger partial charge is 0.368 e. The molecule has 2 N–H and O–H groups in total. The number of hydrogen-bond acceptors (Lipinski definition) is 6. The quantitative estimate of drug-likeness (QED) is 0.461. The maximum absolute atomic E-state index is 12.6. The third-order valence-corrected chi connectivity index (χ3v) is 6.79. The van der Waals surface area contributed by atoms with E-state index in [1.807, 2.05) is 46.0 Å². The second kappa shape index (κ2) is 11.2. The SMILES string of the molecule is C=C(C)C(=O)N[C@@H]1CCCN(c2cnccc2-c2ccc(CNC(=O)c3cn(C(C)(C)C)nn3)c(C)c2)C1. The van der Waals surface area contributed by atoms with Crippen LogP contribution in [0.15, 0.2) is 55.0 Å². The van der Waals surface area contributed by atoms with Crippen LogP contribution in [0.25, 0.3) is 11.1 Å². The number of benzene rings is 1. The van der Waals surface area contributed by atoms with E-state index in [4.69, 9.17) is 0 Å². The molecular formula is C29H37N7O2. The fourth-order valence-corrected chi connectivity index (χ4v) is 4.53. The fraction of sp³-hybridized carbons (Fsp3) is 0.414. The number of aromatic nitrogens is 4. The van der Waals surface area contributed by atoms with Crippen molar-refractivity contribution in [3.05, 3.63) is 71.8 Å². The first kappa shape index (κ1) is 27.0. The minimum absolute atomic E-state index is 0.0683. The van der Waals surface area contributed by atoms with Crippen molar-refractivity contribution in [2.75, 3.05) is 18.0 Å². The number of piperidine rings is 1. The van der Waals surface area contributed by atoms with Gasteiger partial charge in [-0.2, -0.15) is 0 Å². The van der Waals surface area contributed by atoms with Crippen LogP contribution in [-0.4, -0.2) is 50.9 Å². The minimum Gasteiger partial charge on any atom is -0.368 e. The molecule has 1 aliphatic rings. The predicted molar refractivity (Wildman–Crippen MR) is 149 cm³/mol. The van der Waals surface area contributed by atoms with Gasteiger partial charge in [-0.3, -0.25) is 14.6 Å². The molecule has 1 fully saturated rings. The first-order valence-corrected chi connectivity index (χ1v) is 13.0. The van der Waals surface area contributed by atoms with Crippen LogP contribution in [0, 0.1) is 6.92 Å². The fourth-order valence-electron chi connectivity index (χ4n) is 4.53. The number of rotatable bonds is 7. The van der Waals surface area contributed by atoms with E-state index in [9.17, 15) is 9.59 Å². The molecule has 0 aliphatic carbocycles. The average molecular weight is 516 g/mol. The molecule has 1 aromatic carbocycles. The van der Waals surface area contributed by atoms with Crippen LogP contribution in [0.3, 0.4) is 0 Å². The Labute approximate surface area is 224 Å². The molecule has 0 spiro atoms. The number of anilines is 1. The van der Waals surface area contributed by atoms with E-state index in [1.54, 1.807) is 24.0 Å². The van der Waals surface area contributed by atoms with Gasteiger partial charge in [-0.15, -0.1) is 5.10 Å². The molecule has 3 aromatic rings. The molecule has 1 aliphatic heterocycles. The summed E-state index contributed by atoms with van der Waals surface area (Å²) >= 11 is 0. The lowest BCUT2D eigenvalue weighted by atomic mass is 9.97. The van der Waals surface area contributed by atoms with Gasteiger partial charge in [0.15, 0.2) is 5.69 Å². The molecule has 1 saturated heterocycles. The van der Waals surface area contributed by atoms with Gasteiger partial charge in [-0.1, -0.05) is 30.0 Å². The van der Waals surface area contributed by atoms with E-state index in [1.165, 1.54) is 0 Å². The summed E-state index contributed by atoms with van der Waals surface area (Å²) in [5, 5.41) is 14.1. The number of hydrogen-bond donors (Lipinski definition) is 2. The van der Waals surface area contributed by atoms with Gasteiger partial charge in [0.25, 0.3) is 5.91 Å². The van der Waals surface area contributed by atoms with Crippen molar-refractivity contribution >= 4 is 17.5 Å². The molecule has 2 aromatic heterocycles. The smallest absolute Gasteiger partial charge is 0.273 e. The highest BCUT2D eigenvalue weighted by molar-refractivity contribution is 5.92. The van der Waals surface area contributed by atoms with Gasteiger partial charge in [-0.05, 0) is 70.2 Å². The number of amides is 2. The van der Waals surface area contributed by atoms with Crippen molar-refractivity contribution in [1.82, 2.24) is 30.6 Å². The number of carbonyl (C=O) groups excluding carboxylic acids is 2. The van der Waals surface area contributed by atoms with Crippen LogP contribution in [0.5, 0.6) is 0 Å². The van der Waals surface area contributed by atoms with E-state index < -0.39 is 0 Å². The average Bonchev–Trinajstić information content (AvgIpc) is 3.39. The van der Waals surface area contributed by atoms with Gasteiger partial charge in [0.05, 0.1) is 23.6 Å². The Hall–Kier alpha value is -4.01. The number of nitrogens with zero attached hydrogens (tertiary/aromatic N) is 5. The summed E-state index contributed by atoms with van der Waals surface area (Å²) in [6.45, 7) is 15.6. The van der Waals surface area contributed by atoms with Crippen molar-refractivity contribution in [2.45, 2.75) is 65.6 Å². The molecule has 0 radical (unpaired) electrons. The number of nitrogens with one attached hydrogen (secondary N) is 2. The van der Waals surface area contributed by atoms with Gasteiger partial charge >= 0.3 is 0 Å². The summed E-state index contributed by atoms with van der Waals surface area (Å²) < 4.78 is 1.69. The van der Waals surface area contributed by atoms with Crippen molar-refractivity contribution < 1.29 is 9.59 Å². The number of aryl methyl sites for hydroxylation is 1. The lowest BCUT2D eigenvalue weighted by molar-refractivity contribution is -0.118. The maximum Gasteiger partial charge on any atom is 0.273 e. The second-order valence-electron chi connectivity index (χ2n) is 11.0. The Bertz CT molecular complexity index is 1340. The molecule has 200 valence electrons. The monoisotopic (exact) mass is 515 g/mol. The Morgan fingerprint density at radius 3 is 2.68 bits per heavy atom. The molecule has 0 saturated carbocycles. The normalized spacial score (nSPS) is 15.7. The van der Waals surface area contributed by atoms with Crippen molar-refractivity contribution in [3.63, 3.8) is 0 Å². The topological polar surface area (TPSA) is 105 Å². The van der Waals surface area contributed by atoms with Crippen LogP contribution < -0.4 is 15.5 Å². The third-order valence-electron chi connectivity index (χ3n) is 6.79. The highest BCUT2D eigenvalue weighted by Crippen LogP contribution is 2.33. The number of pyridine rings is 1. The van der Waals surface area contributed by atoms with Gasteiger partial charge in [0, 0.05) is 43.0 Å². The minimum atomic E-state index is -0.251. The standard InChI is InChI=1S/C29H37N7O2/c1-19(2)27(37)32-23-8-7-13-35(17-23)26-16-30-12-11-24(26)21-9-10-22(20(3)14-21)15-31-28(38)25-18-36(34-33-25)29(4,5)6/h9-12,14,16,18,23H,1,7-8,13,15,17H2,2-6H3,(H,31,38)(H,32,37)/t23-/m1/s1. The molecule has 4 rings (SSSR count). The zero-order valence-electron chi connectivity index (χ0n) is 22.9. The molecule has 9 heteroatoms. The maximum atomic E-state index is 12.6. The van der Waals surface area contributed by atoms with Crippen LogP contribution >= 0.6 is 0 Å². The van der Waals surface area contributed by atoms with Gasteiger partial charge in [0.2, 0.25) is 5.91 Å². The van der Waals surface area contributed by atoms with E-state index in [-0.39, 0.29) is 23.4 Å². The lowest BCUT2D eigenvalue weighted by Crippen LogP contribution is -2.48. The van der Waals surface area contributed by atoms with E-state index in [0.717, 1.165) is 53.9 Å². The van der Waals surface area contributed by atoms with Crippen LogP contribution in [0.1, 0.15) is 62.2 Å². The zero-order chi connectivity index (χ0) is 27.4. The Morgan fingerprint density at radius 1 is 1.21 bits per heavy atom. The summed E-state index contributed by atoms with van der Waals surface area (Å²) in [7, 11) is 0. The molecule has 0 unspecified atom stereocenters. The van der Waals surface area contributed by atoms with E-state index in [2.05, 4.69) is 49.5 Å². The Morgan fingerprint density at radius 2 is 2.00 bits per heavy atom. The van der Waals surface area contributed by atoms with Crippen LogP contribution in [0.2, 0.25) is 0 Å². The molecular weight excluding hydrogens is 478 g/mol. The summed E-state index contributed by atoms with van der Waals surface area (Å²) in [4.78, 5) is 31.5. The van der Waals surface area contributed by atoms with Crippen molar-refractivity contribution in [2.24, 2.45) is 0 Å². The highest BCUT2D eigenvalue weighted by atomic mass is 16.2.